The Labute approximate surface area is 193 Å². The zero-order valence-electron chi connectivity index (χ0n) is 19.4. The predicted octanol–water partition coefficient (Wildman–Crippen LogP) is 4.08. The van der Waals surface area contributed by atoms with Crippen molar-refractivity contribution in [3.63, 3.8) is 0 Å². The van der Waals surface area contributed by atoms with Gasteiger partial charge < -0.3 is 10.5 Å². The van der Waals surface area contributed by atoms with E-state index in [1.165, 1.54) is 31.2 Å². The number of benzene rings is 1. The van der Waals surface area contributed by atoms with E-state index in [9.17, 15) is 0 Å². The zero-order chi connectivity index (χ0) is 23.0. The van der Waals surface area contributed by atoms with Gasteiger partial charge in [-0.2, -0.15) is 10.2 Å². The molecule has 0 bridgehead atoms. The molecule has 1 fully saturated rings. The molecule has 9 heteroatoms. The smallest absolute Gasteiger partial charge is 0.246 e. The molecule has 2 aliphatic rings. The maximum atomic E-state index is 6.18. The van der Waals surface area contributed by atoms with Gasteiger partial charge in [0.05, 0.1) is 5.71 Å². The first-order valence-corrected chi connectivity index (χ1v) is 11.6. The minimum atomic E-state index is -0.613. The van der Waals surface area contributed by atoms with Crippen molar-refractivity contribution in [1.29, 1.82) is 0 Å². The summed E-state index contributed by atoms with van der Waals surface area (Å²) in [5.74, 6) is 3.53. The molecule has 0 spiro atoms. The normalized spacial score (nSPS) is 21.7. The fourth-order valence-corrected chi connectivity index (χ4v) is 5.01. The van der Waals surface area contributed by atoms with E-state index in [2.05, 4.69) is 54.9 Å². The average molecular weight is 447 g/mol. The molecule has 1 saturated carbocycles. The van der Waals surface area contributed by atoms with Gasteiger partial charge in [-0.25, -0.2) is 9.98 Å². The van der Waals surface area contributed by atoms with E-state index in [0.29, 0.717) is 29.1 Å². The zero-order valence-corrected chi connectivity index (χ0v) is 19.4. The fourth-order valence-electron chi connectivity index (χ4n) is 5.01. The third kappa shape index (κ3) is 4.44. The lowest BCUT2D eigenvalue weighted by Crippen LogP contribution is -2.41. The fraction of sp³-hybridized carbons (Fsp3) is 0.500. The molecule has 2 aromatic heterocycles. The topological polar surface area (TPSA) is 128 Å². The number of aromatic nitrogens is 6. The summed E-state index contributed by atoms with van der Waals surface area (Å²) in [7, 11) is 0. The monoisotopic (exact) mass is 446 g/mol. The molecule has 33 heavy (non-hydrogen) atoms. The van der Waals surface area contributed by atoms with Crippen molar-refractivity contribution in [3.05, 3.63) is 47.0 Å². The highest BCUT2D eigenvalue weighted by Gasteiger charge is 2.35. The van der Waals surface area contributed by atoms with Crippen LogP contribution in [0.15, 0.2) is 29.3 Å². The van der Waals surface area contributed by atoms with Crippen LogP contribution in [-0.2, 0) is 6.42 Å². The van der Waals surface area contributed by atoms with Crippen molar-refractivity contribution in [1.82, 2.24) is 30.6 Å². The van der Waals surface area contributed by atoms with Crippen LogP contribution in [0.25, 0.3) is 0 Å². The van der Waals surface area contributed by atoms with Crippen LogP contribution in [0.4, 0.5) is 11.5 Å². The number of rotatable bonds is 5. The van der Waals surface area contributed by atoms with Gasteiger partial charge in [0.25, 0.3) is 0 Å². The van der Waals surface area contributed by atoms with Crippen LogP contribution in [0.2, 0.25) is 0 Å². The van der Waals surface area contributed by atoms with Crippen LogP contribution in [-0.4, -0.2) is 41.9 Å². The molecule has 172 valence electrons. The number of nitrogen functional groups attached to an aromatic ring is 1. The second kappa shape index (κ2) is 8.53. The van der Waals surface area contributed by atoms with Crippen molar-refractivity contribution in [2.24, 2.45) is 10.9 Å². The van der Waals surface area contributed by atoms with Crippen LogP contribution in [0, 0.1) is 12.8 Å². The van der Waals surface area contributed by atoms with Crippen molar-refractivity contribution < 1.29 is 4.74 Å². The minimum absolute atomic E-state index is 0.346. The number of tetrazole rings is 1. The average Bonchev–Trinajstić information content (AvgIpc) is 3.31. The van der Waals surface area contributed by atoms with Crippen molar-refractivity contribution in [2.75, 3.05) is 5.73 Å². The van der Waals surface area contributed by atoms with E-state index in [1.807, 2.05) is 13.8 Å². The van der Waals surface area contributed by atoms with E-state index in [0.717, 1.165) is 35.9 Å². The van der Waals surface area contributed by atoms with E-state index >= 15 is 0 Å². The van der Waals surface area contributed by atoms with Crippen LogP contribution in [0.5, 0.6) is 5.88 Å². The van der Waals surface area contributed by atoms with Crippen LogP contribution in [0.1, 0.15) is 74.6 Å². The quantitative estimate of drug-likeness (QED) is 0.604. The highest BCUT2D eigenvalue weighted by Crippen LogP contribution is 2.40. The third-order valence-electron chi connectivity index (χ3n) is 6.80. The van der Waals surface area contributed by atoms with Crippen LogP contribution >= 0.6 is 0 Å². The number of H-pyrrole nitrogens is 1. The molecular weight excluding hydrogens is 416 g/mol. The van der Waals surface area contributed by atoms with E-state index in [1.54, 1.807) is 6.92 Å². The molecule has 1 aromatic carbocycles. The number of anilines is 1. The number of aromatic amines is 1. The number of hydrogen-bond acceptors (Lipinski definition) is 8. The number of nitrogens with zero attached hydrogens (tertiary/aromatic N) is 6. The van der Waals surface area contributed by atoms with E-state index < -0.39 is 5.60 Å². The van der Waals surface area contributed by atoms with Crippen LogP contribution in [0.3, 0.4) is 0 Å². The van der Waals surface area contributed by atoms with E-state index in [4.69, 9.17) is 15.5 Å². The summed E-state index contributed by atoms with van der Waals surface area (Å²) in [6, 6.07) is 8.78. The first-order chi connectivity index (χ1) is 15.9. The summed E-state index contributed by atoms with van der Waals surface area (Å²) in [4.78, 5) is 13.4. The largest absolute Gasteiger partial charge is 0.463 e. The van der Waals surface area contributed by atoms with Gasteiger partial charge in [0, 0.05) is 12.0 Å². The van der Waals surface area contributed by atoms with Crippen molar-refractivity contribution in [3.8, 4) is 5.88 Å². The lowest BCUT2D eigenvalue weighted by Gasteiger charge is -2.32. The van der Waals surface area contributed by atoms with Crippen LogP contribution < -0.4 is 10.5 Å². The molecule has 9 nitrogen and oxygen atoms in total. The Morgan fingerprint density at radius 3 is 2.55 bits per heavy atom. The maximum absolute atomic E-state index is 6.18. The predicted molar refractivity (Wildman–Crippen MR) is 126 cm³/mol. The molecule has 0 atom stereocenters. The van der Waals surface area contributed by atoms with Gasteiger partial charge in [-0.1, -0.05) is 29.5 Å². The summed E-state index contributed by atoms with van der Waals surface area (Å²) in [5, 5.41) is 14.3. The second-order valence-corrected chi connectivity index (χ2v) is 9.59. The van der Waals surface area contributed by atoms with Gasteiger partial charge in [-0.3, -0.25) is 0 Å². The molecule has 1 aliphatic carbocycles. The summed E-state index contributed by atoms with van der Waals surface area (Å²) in [5.41, 5.74) is 9.27. The van der Waals surface area contributed by atoms with Crippen molar-refractivity contribution in [2.45, 2.75) is 70.8 Å². The SMILES string of the molecule is Cc1nc(N)c2c(n1)OC(C)(C)C(c1ccc(C3CCC(CCc4nn[nH]n4)CC3)cc1)=N2. The number of hydrogen-bond donors (Lipinski definition) is 2. The number of ether oxygens (including phenoxy) is 1. The Morgan fingerprint density at radius 2 is 1.85 bits per heavy atom. The van der Waals surface area contributed by atoms with Gasteiger partial charge in [0.2, 0.25) is 5.88 Å². The molecule has 3 aromatic rings. The summed E-state index contributed by atoms with van der Waals surface area (Å²) in [6.07, 6.45) is 6.95. The Balaban J connectivity index is 1.27. The Kier molecular flexibility index (Phi) is 5.55. The first-order valence-electron chi connectivity index (χ1n) is 11.6. The second-order valence-electron chi connectivity index (χ2n) is 9.59. The molecule has 3 N–H and O–H groups in total. The maximum Gasteiger partial charge on any atom is 0.246 e. The highest BCUT2D eigenvalue weighted by atomic mass is 16.5. The number of nitrogens with two attached hydrogens (primary N) is 1. The standard InChI is InChI=1S/C24H30N8O/c1-14-26-22(25)20-23(27-14)33-24(2,3)21(28-20)18-11-9-17(10-12-18)16-7-4-15(5-8-16)6-13-19-29-31-32-30-19/h9-12,15-16H,4-8,13H2,1-3H3,(H2,25,26,27)(H,29,30,31,32). The molecule has 1 aliphatic heterocycles. The summed E-state index contributed by atoms with van der Waals surface area (Å²) < 4.78 is 6.18. The molecule has 0 unspecified atom stereocenters. The number of aliphatic imine (C=N–C) groups is 1. The number of aryl methyl sites for hydroxylation is 2. The molecule has 0 radical (unpaired) electrons. The first kappa shape index (κ1) is 21.5. The molecule has 0 saturated heterocycles. The number of nitrogens with one attached hydrogen (secondary N) is 1. The van der Waals surface area contributed by atoms with Gasteiger partial charge in [0.15, 0.2) is 17.3 Å². The Bertz CT molecular complexity index is 1150. The van der Waals surface area contributed by atoms with Crippen molar-refractivity contribution >= 4 is 17.2 Å². The van der Waals surface area contributed by atoms with Gasteiger partial charge in [-0.05, 0) is 70.3 Å². The summed E-state index contributed by atoms with van der Waals surface area (Å²) >= 11 is 0. The number of fused-ring (bicyclic) bond motifs is 1. The molecule has 0 amide bonds. The lowest BCUT2D eigenvalue weighted by atomic mass is 9.77. The Hall–Kier alpha value is -3.36. The third-order valence-corrected chi connectivity index (χ3v) is 6.80. The molecule has 5 rings (SSSR count). The van der Waals surface area contributed by atoms with Gasteiger partial charge in [-0.15, -0.1) is 10.2 Å². The van der Waals surface area contributed by atoms with Gasteiger partial charge >= 0.3 is 0 Å². The highest BCUT2D eigenvalue weighted by molar-refractivity contribution is 6.09. The Morgan fingerprint density at radius 1 is 1.09 bits per heavy atom. The summed E-state index contributed by atoms with van der Waals surface area (Å²) in [6.45, 7) is 5.81. The van der Waals surface area contributed by atoms with Gasteiger partial charge in [0.1, 0.15) is 11.4 Å². The molecular formula is C24H30N8O. The minimum Gasteiger partial charge on any atom is -0.463 e. The lowest BCUT2D eigenvalue weighted by molar-refractivity contribution is 0.171. The van der Waals surface area contributed by atoms with E-state index in [-0.39, 0.29) is 0 Å². The molecule has 3 heterocycles.